The van der Waals surface area contributed by atoms with Gasteiger partial charge in [0.05, 0.1) is 12.2 Å². The zero-order valence-corrected chi connectivity index (χ0v) is 16.6. The summed E-state index contributed by atoms with van der Waals surface area (Å²) >= 11 is 0. The molecule has 0 N–H and O–H groups in total. The number of piperidine rings is 1. The standard InChI is InChI=1S/C22H27N5O/c1-17-7-6-10-20(23-17)16-26-13-11-19(12-14-26)21-24-25(2)22(28)27(21)15-18-8-4-3-5-9-18/h3-10,19H,11-16H2,1-2H3. The largest absolute Gasteiger partial charge is 0.345 e. The first kappa shape index (κ1) is 18.6. The molecule has 0 bridgehead atoms. The lowest BCUT2D eigenvalue weighted by Gasteiger charge is -2.31. The number of nitrogens with zero attached hydrogens (tertiary/aromatic N) is 5. The van der Waals surface area contributed by atoms with Gasteiger partial charge in [-0.15, -0.1) is 0 Å². The number of aryl methyl sites for hydroxylation is 2. The molecule has 3 heterocycles. The van der Waals surface area contributed by atoms with E-state index in [0.29, 0.717) is 12.5 Å². The zero-order valence-electron chi connectivity index (χ0n) is 16.6. The van der Waals surface area contributed by atoms with Crippen LogP contribution in [0.25, 0.3) is 0 Å². The Labute approximate surface area is 165 Å². The maximum atomic E-state index is 12.6. The fraction of sp³-hybridized carbons (Fsp3) is 0.409. The summed E-state index contributed by atoms with van der Waals surface area (Å²) in [6.07, 6.45) is 2.02. The smallest absolute Gasteiger partial charge is 0.297 e. The molecule has 1 aliphatic heterocycles. The van der Waals surface area contributed by atoms with Crippen molar-refractivity contribution in [1.29, 1.82) is 0 Å². The van der Waals surface area contributed by atoms with Gasteiger partial charge in [-0.2, -0.15) is 5.10 Å². The second-order valence-corrected chi connectivity index (χ2v) is 7.66. The van der Waals surface area contributed by atoms with E-state index in [-0.39, 0.29) is 5.69 Å². The Balaban J connectivity index is 1.46. The van der Waals surface area contributed by atoms with Gasteiger partial charge in [0, 0.05) is 25.2 Å². The molecule has 0 radical (unpaired) electrons. The van der Waals surface area contributed by atoms with Gasteiger partial charge >= 0.3 is 5.69 Å². The Morgan fingerprint density at radius 2 is 1.75 bits per heavy atom. The summed E-state index contributed by atoms with van der Waals surface area (Å²) in [6, 6.07) is 16.3. The first-order valence-electron chi connectivity index (χ1n) is 9.92. The summed E-state index contributed by atoms with van der Waals surface area (Å²) in [5.41, 5.74) is 3.27. The molecule has 0 saturated carbocycles. The highest BCUT2D eigenvalue weighted by molar-refractivity contribution is 5.16. The summed E-state index contributed by atoms with van der Waals surface area (Å²) < 4.78 is 3.32. The molecule has 4 rings (SSSR count). The fourth-order valence-electron chi connectivity index (χ4n) is 4.01. The van der Waals surface area contributed by atoms with E-state index in [9.17, 15) is 4.79 Å². The SMILES string of the molecule is Cc1cccc(CN2CCC(c3nn(C)c(=O)n3Cc3ccccc3)CC2)n1. The number of likely N-dealkylation sites (tertiary alicyclic amines) is 1. The fourth-order valence-corrected chi connectivity index (χ4v) is 4.01. The molecule has 1 aromatic carbocycles. The first-order chi connectivity index (χ1) is 13.6. The Morgan fingerprint density at radius 1 is 1.00 bits per heavy atom. The van der Waals surface area contributed by atoms with Gasteiger partial charge in [-0.3, -0.25) is 14.5 Å². The van der Waals surface area contributed by atoms with E-state index in [1.54, 1.807) is 7.05 Å². The van der Waals surface area contributed by atoms with E-state index in [2.05, 4.69) is 39.2 Å². The molecule has 6 nitrogen and oxygen atoms in total. The van der Waals surface area contributed by atoms with Crippen LogP contribution in [-0.2, 0) is 20.1 Å². The lowest BCUT2D eigenvalue weighted by atomic mass is 9.95. The van der Waals surface area contributed by atoms with Crippen LogP contribution in [0.2, 0.25) is 0 Å². The van der Waals surface area contributed by atoms with Crippen molar-refractivity contribution in [1.82, 2.24) is 24.2 Å². The molecular formula is C22H27N5O. The molecule has 0 unspecified atom stereocenters. The minimum atomic E-state index is -0.0368. The topological polar surface area (TPSA) is 56.0 Å². The van der Waals surface area contributed by atoms with Gasteiger partial charge in [0.15, 0.2) is 0 Å². The molecular weight excluding hydrogens is 350 g/mol. The number of benzene rings is 1. The third-order valence-electron chi connectivity index (χ3n) is 5.50. The van der Waals surface area contributed by atoms with E-state index >= 15 is 0 Å². The van der Waals surface area contributed by atoms with Crippen molar-refractivity contribution in [3.63, 3.8) is 0 Å². The average molecular weight is 377 g/mol. The van der Waals surface area contributed by atoms with Crippen LogP contribution in [0.15, 0.2) is 53.3 Å². The summed E-state index contributed by atoms with van der Waals surface area (Å²) in [4.78, 5) is 19.7. The third-order valence-corrected chi connectivity index (χ3v) is 5.50. The van der Waals surface area contributed by atoms with Crippen molar-refractivity contribution >= 4 is 0 Å². The summed E-state index contributed by atoms with van der Waals surface area (Å²) in [6.45, 7) is 5.49. The van der Waals surface area contributed by atoms with E-state index in [0.717, 1.165) is 55.3 Å². The minimum absolute atomic E-state index is 0.0368. The molecule has 1 saturated heterocycles. The zero-order chi connectivity index (χ0) is 19.5. The van der Waals surface area contributed by atoms with Crippen LogP contribution in [-0.4, -0.2) is 37.3 Å². The van der Waals surface area contributed by atoms with Crippen molar-refractivity contribution < 1.29 is 0 Å². The number of pyridine rings is 1. The third kappa shape index (κ3) is 4.07. The van der Waals surface area contributed by atoms with Gasteiger partial charge in [0.25, 0.3) is 0 Å². The van der Waals surface area contributed by atoms with Crippen LogP contribution >= 0.6 is 0 Å². The molecule has 0 aliphatic carbocycles. The summed E-state index contributed by atoms with van der Waals surface area (Å²) in [7, 11) is 1.74. The predicted octanol–water partition coefficient (Wildman–Crippen LogP) is 2.71. The van der Waals surface area contributed by atoms with E-state index in [1.165, 1.54) is 4.68 Å². The Kier molecular flexibility index (Phi) is 5.39. The summed E-state index contributed by atoms with van der Waals surface area (Å²) in [5.74, 6) is 1.24. The number of hydrogen-bond acceptors (Lipinski definition) is 4. The van der Waals surface area contributed by atoms with Gasteiger partial charge in [-0.1, -0.05) is 36.4 Å². The Morgan fingerprint density at radius 3 is 2.46 bits per heavy atom. The van der Waals surface area contributed by atoms with Crippen LogP contribution in [0.3, 0.4) is 0 Å². The maximum absolute atomic E-state index is 12.6. The van der Waals surface area contributed by atoms with Crippen molar-refractivity contribution in [2.45, 2.75) is 38.8 Å². The molecule has 1 fully saturated rings. The Hall–Kier alpha value is -2.73. The molecule has 146 valence electrons. The lowest BCUT2D eigenvalue weighted by molar-refractivity contribution is 0.198. The van der Waals surface area contributed by atoms with Gasteiger partial charge in [-0.05, 0) is 50.6 Å². The van der Waals surface area contributed by atoms with E-state index in [4.69, 9.17) is 0 Å². The first-order valence-corrected chi connectivity index (χ1v) is 9.92. The van der Waals surface area contributed by atoms with Gasteiger partial charge in [0.2, 0.25) is 0 Å². The second kappa shape index (κ2) is 8.10. The minimum Gasteiger partial charge on any atom is -0.297 e. The lowest BCUT2D eigenvalue weighted by Crippen LogP contribution is -2.34. The number of rotatable bonds is 5. The van der Waals surface area contributed by atoms with Gasteiger partial charge < -0.3 is 0 Å². The molecule has 2 aromatic heterocycles. The van der Waals surface area contributed by atoms with Crippen LogP contribution in [0, 0.1) is 6.92 Å². The van der Waals surface area contributed by atoms with Gasteiger partial charge in [-0.25, -0.2) is 9.48 Å². The van der Waals surface area contributed by atoms with Crippen LogP contribution < -0.4 is 5.69 Å². The molecule has 3 aromatic rings. The maximum Gasteiger partial charge on any atom is 0.345 e. The molecule has 0 spiro atoms. The summed E-state index contributed by atoms with van der Waals surface area (Å²) in [5, 5.41) is 4.59. The molecule has 6 heteroatoms. The molecule has 0 atom stereocenters. The quantitative estimate of drug-likeness (QED) is 0.686. The van der Waals surface area contributed by atoms with Crippen molar-refractivity contribution in [2.24, 2.45) is 7.05 Å². The highest BCUT2D eigenvalue weighted by Crippen LogP contribution is 2.27. The number of hydrogen-bond donors (Lipinski definition) is 0. The highest BCUT2D eigenvalue weighted by atomic mass is 16.2. The second-order valence-electron chi connectivity index (χ2n) is 7.66. The number of aromatic nitrogens is 4. The predicted molar refractivity (Wildman–Crippen MR) is 109 cm³/mol. The molecule has 28 heavy (non-hydrogen) atoms. The monoisotopic (exact) mass is 377 g/mol. The molecule has 1 aliphatic rings. The highest BCUT2D eigenvalue weighted by Gasteiger charge is 2.26. The van der Waals surface area contributed by atoms with Crippen LogP contribution in [0.4, 0.5) is 0 Å². The normalized spacial score (nSPS) is 15.8. The van der Waals surface area contributed by atoms with Crippen LogP contribution in [0.1, 0.15) is 41.5 Å². The average Bonchev–Trinajstić information content (AvgIpc) is 2.98. The molecule has 0 amide bonds. The van der Waals surface area contributed by atoms with E-state index in [1.807, 2.05) is 35.8 Å². The van der Waals surface area contributed by atoms with Crippen molar-refractivity contribution in [3.8, 4) is 0 Å². The van der Waals surface area contributed by atoms with Crippen molar-refractivity contribution in [3.05, 3.63) is 81.8 Å². The van der Waals surface area contributed by atoms with Gasteiger partial charge in [0.1, 0.15) is 5.82 Å². The van der Waals surface area contributed by atoms with Crippen molar-refractivity contribution in [2.75, 3.05) is 13.1 Å². The Bertz CT molecular complexity index is 984. The van der Waals surface area contributed by atoms with E-state index < -0.39 is 0 Å². The van der Waals surface area contributed by atoms with Crippen LogP contribution in [0.5, 0.6) is 0 Å².